The van der Waals surface area contributed by atoms with Gasteiger partial charge in [-0.05, 0) is 60.7 Å². The van der Waals surface area contributed by atoms with Gasteiger partial charge in [0, 0.05) is 36.6 Å². The molecule has 0 aromatic rings. The summed E-state index contributed by atoms with van der Waals surface area (Å²) in [5, 5.41) is 0. The molecule has 5 fully saturated rings. The van der Waals surface area contributed by atoms with Gasteiger partial charge in [-0.2, -0.15) is 0 Å². The van der Waals surface area contributed by atoms with Gasteiger partial charge in [0.05, 0.1) is 11.6 Å². The number of hydrogen-bond acceptors (Lipinski definition) is 6. The van der Waals surface area contributed by atoms with Gasteiger partial charge in [0.25, 0.3) is 5.91 Å². The largest absolute Gasteiger partial charge is 0.363 e. The molecule has 5 aliphatic rings. The summed E-state index contributed by atoms with van der Waals surface area (Å²) < 4.78 is 0. The van der Waals surface area contributed by atoms with Crippen molar-refractivity contribution in [1.82, 2.24) is 4.90 Å². The van der Waals surface area contributed by atoms with Gasteiger partial charge in [-0.25, -0.2) is 0 Å². The lowest BCUT2D eigenvalue weighted by Crippen LogP contribution is -2.49. The van der Waals surface area contributed by atoms with Gasteiger partial charge in [0.15, 0.2) is 11.6 Å². The van der Waals surface area contributed by atoms with Crippen LogP contribution in [0.2, 0.25) is 0 Å². The van der Waals surface area contributed by atoms with Crippen molar-refractivity contribution in [3.05, 3.63) is 0 Å². The molecule has 4 atom stereocenters. The lowest BCUT2D eigenvalue weighted by molar-refractivity contribution is -0.147. The van der Waals surface area contributed by atoms with Crippen molar-refractivity contribution in [3.8, 4) is 0 Å². The van der Waals surface area contributed by atoms with E-state index in [1.165, 1.54) is 0 Å². The van der Waals surface area contributed by atoms with Crippen LogP contribution in [0.1, 0.15) is 112 Å². The van der Waals surface area contributed by atoms with E-state index < -0.39 is 40.5 Å². The summed E-state index contributed by atoms with van der Waals surface area (Å²) in [5.41, 5.74) is 10.3. The van der Waals surface area contributed by atoms with E-state index in [2.05, 4.69) is 13.8 Å². The van der Waals surface area contributed by atoms with E-state index >= 15 is 0 Å². The molecule has 40 heavy (non-hydrogen) atoms. The number of carbonyl (C=O) groups excluding carboxylic acids is 5. The Labute approximate surface area is 238 Å². The molecule has 8 nitrogen and oxygen atoms in total. The van der Waals surface area contributed by atoms with E-state index in [4.69, 9.17) is 11.5 Å². The highest BCUT2D eigenvalue weighted by atomic mass is 16.2. The summed E-state index contributed by atoms with van der Waals surface area (Å²) in [5.74, 6) is -3.06. The Kier molecular flexibility index (Phi) is 6.96. The number of nitrogens with zero attached hydrogens (tertiary/aromatic N) is 1. The zero-order chi connectivity index (χ0) is 29.5. The molecule has 1 unspecified atom stereocenters. The molecule has 2 spiro atoms. The molecule has 0 radical (unpaired) electrons. The second kappa shape index (κ2) is 9.47. The molecule has 0 bridgehead atoms. The molecule has 4 N–H and O–H groups in total. The zero-order valence-electron chi connectivity index (χ0n) is 25.1. The van der Waals surface area contributed by atoms with Gasteiger partial charge in [0.1, 0.15) is 0 Å². The summed E-state index contributed by atoms with van der Waals surface area (Å²) in [4.78, 5) is 68.1. The molecule has 8 heteroatoms. The van der Waals surface area contributed by atoms with Gasteiger partial charge in [-0.1, -0.05) is 60.3 Å². The first-order valence-corrected chi connectivity index (χ1v) is 15.5. The minimum absolute atomic E-state index is 0.00254. The minimum Gasteiger partial charge on any atom is -0.363 e. The number of carbonyl (C=O) groups is 5. The van der Waals surface area contributed by atoms with Crippen LogP contribution < -0.4 is 11.5 Å². The van der Waals surface area contributed by atoms with Crippen LogP contribution in [0, 0.1) is 39.4 Å². The Morgan fingerprint density at radius 2 is 1.55 bits per heavy atom. The average Bonchev–Trinajstić information content (AvgIpc) is 3.56. The standard InChI is InChI=1S/C32H49N3O5/c1-28(2,3)21(16-24(37)30(34)12-13-30)27(40)35-18-32(29(4,5)31(32)10-7-11-31)17-22(35)23(36)15-20(25(38)26(33)39)14-19-8-6-9-19/h19-22H,6-18,34H2,1-5H3,(H2,33,39)/t20?,21-,22+,32-/m1/s1. The van der Waals surface area contributed by atoms with Crippen LogP contribution in [0.4, 0.5) is 0 Å². The summed E-state index contributed by atoms with van der Waals surface area (Å²) in [6.45, 7) is 10.9. The highest BCUT2D eigenvalue weighted by Gasteiger charge is 2.85. The first-order valence-electron chi connectivity index (χ1n) is 15.5. The summed E-state index contributed by atoms with van der Waals surface area (Å²) in [6, 6.07) is -0.663. The van der Waals surface area contributed by atoms with Gasteiger partial charge >= 0.3 is 0 Å². The normalized spacial score (nSPS) is 30.8. The third-order valence-corrected chi connectivity index (χ3v) is 12.4. The summed E-state index contributed by atoms with van der Waals surface area (Å²) in [7, 11) is 0. The van der Waals surface area contributed by atoms with Crippen molar-refractivity contribution < 1.29 is 24.0 Å². The molecule has 1 aliphatic heterocycles. The Hall–Kier alpha value is -2.09. The van der Waals surface area contributed by atoms with Crippen LogP contribution >= 0.6 is 0 Å². The van der Waals surface area contributed by atoms with E-state index in [9.17, 15) is 24.0 Å². The number of primary amides is 1. The number of likely N-dealkylation sites (tertiary alicyclic amines) is 1. The van der Waals surface area contributed by atoms with Gasteiger partial charge in [-0.3, -0.25) is 24.0 Å². The van der Waals surface area contributed by atoms with E-state index in [1.807, 2.05) is 20.8 Å². The molecular formula is C32H49N3O5. The van der Waals surface area contributed by atoms with Crippen molar-refractivity contribution in [2.24, 2.45) is 50.9 Å². The molecule has 1 saturated heterocycles. The molecule has 222 valence electrons. The molecule has 2 amide bonds. The van der Waals surface area contributed by atoms with Crippen LogP contribution in [0.15, 0.2) is 0 Å². The third-order valence-electron chi connectivity index (χ3n) is 12.4. The highest BCUT2D eigenvalue weighted by molar-refractivity contribution is 6.36. The van der Waals surface area contributed by atoms with Crippen LogP contribution in [-0.2, 0) is 24.0 Å². The smallest absolute Gasteiger partial charge is 0.285 e. The van der Waals surface area contributed by atoms with Gasteiger partial charge in [-0.15, -0.1) is 0 Å². The second-order valence-electron chi connectivity index (χ2n) is 15.7. The topological polar surface area (TPSA) is 141 Å². The quantitative estimate of drug-likeness (QED) is 0.372. The fraction of sp³-hybridized carbons (Fsp3) is 0.844. The van der Waals surface area contributed by atoms with E-state index in [0.29, 0.717) is 38.1 Å². The van der Waals surface area contributed by atoms with E-state index in [0.717, 1.165) is 38.5 Å². The average molecular weight is 556 g/mol. The van der Waals surface area contributed by atoms with Crippen LogP contribution in [0.25, 0.3) is 0 Å². The van der Waals surface area contributed by atoms with Gasteiger partial charge < -0.3 is 16.4 Å². The molecule has 5 rings (SSSR count). The molecular weight excluding hydrogens is 506 g/mol. The SMILES string of the molecule is CC(C)(C)[C@H](CC(=O)C1(N)CC1)C(=O)N1C[C@]2(C[C@H]1C(=O)CC(CC1CCC1)C(=O)C(N)=O)C(C)(C)C21CCC1. The fourth-order valence-electron chi connectivity index (χ4n) is 8.88. The first-order chi connectivity index (χ1) is 18.5. The molecule has 0 aromatic carbocycles. The number of amides is 2. The summed E-state index contributed by atoms with van der Waals surface area (Å²) in [6.07, 6.45) is 8.82. The maximum atomic E-state index is 14.4. The second-order valence-corrected chi connectivity index (χ2v) is 15.7. The highest BCUT2D eigenvalue weighted by Crippen LogP contribution is 2.88. The lowest BCUT2D eigenvalue weighted by atomic mass is 9.73. The lowest BCUT2D eigenvalue weighted by Gasteiger charge is -2.36. The minimum atomic E-state index is -0.994. The number of rotatable bonds is 11. The summed E-state index contributed by atoms with van der Waals surface area (Å²) >= 11 is 0. The predicted octanol–water partition coefficient (Wildman–Crippen LogP) is 3.72. The third kappa shape index (κ3) is 4.38. The molecule has 4 saturated carbocycles. The van der Waals surface area contributed by atoms with Crippen molar-refractivity contribution in [2.75, 3.05) is 6.54 Å². The predicted molar refractivity (Wildman–Crippen MR) is 151 cm³/mol. The van der Waals surface area contributed by atoms with Crippen LogP contribution in [-0.4, -0.2) is 52.2 Å². The Morgan fingerprint density at radius 3 is 1.98 bits per heavy atom. The number of ketones is 3. The Morgan fingerprint density at radius 1 is 0.925 bits per heavy atom. The maximum Gasteiger partial charge on any atom is 0.285 e. The van der Waals surface area contributed by atoms with Crippen molar-refractivity contribution >= 4 is 29.2 Å². The molecule has 4 aliphatic carbocycles. The number of Topliss-reactive ketones (excluding diaryl/α,β-unsaturated/α-hetero) is 3. The van der Waals surface area contributed by atoms with Crippen LogP contribution in [0.5, 0.6) is 0 Å². The maximum absolute atomic E-state index is 14.4. The Balaban J connectivity index is 1.43. The number of nitrogens with two attached hydrogens (primary N) is 2. The zero-order valence-corrected chi connectivity index (χ0v) is 25.1. The number of hydrogen-bond donors (Lipinski definition) is 2. The fourth-order valence-corrected chi connectivity index (χ4v) is 8.88. The number of fused-ring (bicyclic) bond motifs is 1. The van der Waals surface area contributed by atoms with Crippen molar-refractivity contribution in [2.45, 2.75) is 123 Å². The van der Waals surface area contributed by atoms with Crippen molar-refractivity contribution in [1.29, 1.82) is 0 Å². The Bertz CT molecular complexity index is 1120. The van der Waals surface area contributed by atoms with Gasteiger partial charge in [0.2, 0.25) is 11.7 Å². The van der Waals surface area contributed by atoms with E-state index in [1.54, 1.807) is 4.90 Å². The van der Waals surface area contributed by atoms with E-state index in [-0.39, 0.29) is 46.6 Å². The monoisotopic (exact) mass is 555 g/mol. The first kappa shape index (κ1) is 29.4. The van der Waals surface area contributed by atoms with Crippen molar-refractivity contribution in [3.63, 3.8) is 0 Å². The molecule has 1 heterocycles. The molecule has 0 aromatic heterocycles. The van der Waals surface area contributed by atoms with Crippen LogP contribution in [0.3, 0.4) is 0 Å².